The molecule has 1 aromatic heterocycles. The molecular formula is C20H23F3N6. The maximum atomic E-state index is 13.3. The SMILES string of the molecule is NN/C(=C1\NC=Nc2[nH]ccc21)C1CCC(CNc2cc(F)c(F)c(F)c2)CC1. The number of aromatic nitrogens is 1. The number of hydrogen-bond acceptors (Lipinski definition) is 5. The maximum Gasteiger partial charge on any atom is 0.194 e. The number of rotatable bonds is 5. The zero-order valence-electron chi connectivity index (χ0n) is 15.7. The van der Waals surface area contributed by atoms with Crippen molar-refractivity contribution < 1.29 is 13.2 Å². The van der Waals surface area contributed by atoms with E-state index in [9.17, 15) is 13.2 Å². The fraction of sp³-hybridized carbons (Fsp3) is 0.350. The molecule has 1 aliphatic carbocycles. The monoisotopic (exact) mass is 404 g/mol. The van der Waals surface area contributed by atoms with Gasteiger partial charge in [-0.3, -0.25) is 5.84 Å². The summed E-state index contributed by atoms with van der Waals surface area (Å²) in [6.07, 6.45) is 7.22. The lowest BCUT2D eigenvalue weighted by Gasteiger charge is -2.32. The maximum absolute atomic E-state index is 13.3. The van der Waals surface area contributed by atoms with E-state index in [1.807, 2.05) is 12.3 Å². The van der Waals surface area contributed by atoms with Gasteiger partial charge < -0.3 is 21.0 Å². The molecule has 1 aliphatic heterocycles. The first-order chi connectivity index (χ1) is 14.1. The number of fused-ring (bicyclic) bond motifs is 1. The van der Waals surface area contributed by atoms with Crippen molar-refractivity contribution in [3.63, 3.8) is 0 Å². The molecule has 6 N–H and O–H groups in total. The Bertz CT molecular complexity index is 920. The molecule has 0 bridgehead atoms. The van der Waals surface area contributed by atoms with Crippen molar-refractivity contribution in [2.24, 2.45) is 22.7 Å². The van der Waals surface area contributed by atoms with Crippen LogP contribution < -0.4 is 21.9 Å². The van der Waals surface area contributed by atoms with Crippen LogP contribution in [-0.4, -0.2) is 17.9 Å². The average molecular weight is 404 g/mol. The minimum absolute atomic E-state index is 0.251. The number of hydrazine groups is 1. The summed E-state index contributed by atoms with van der Waals surface area (Å²) >= 11 is 0. The summed E-state index contributed by atoms with van der Waals surface area (Å²) in [5.74, 6) is 3.46. The Hall–Kier alpha value is -2.94. The van der Waals surface area contributed by atoms with E-state index in [0.29, 0.717) is 12.5 Å². The van der Waals surface area contributed by atoms with E-state index >= 15 is 0 Å². The lowest BCUT2D eigenvalue weighted by Crippen LogP contribution is -2.34. The van der Waals surface area contributed by atoms with E-state index in [4.69, 9.17) is 5.84 Å². The highest BCUT2D eigenvalue weighted by Crippen LogP contribution is 2.37. The van der Waals surface area contributed by atoms with Crippen molar-refractivity contribution in [3.8, 4) is 0 Å². The molecule has 2 aromatic rings. The van der Waals surface area contributed by atoms with Crippen LogP contribution in [0.4, 0.5) is 24.7 Å². The Balaban J connectivity index is 1.38. The second kappa shape index (κ2) is 8.20. The lowest BCUT2D eigenvalue weighted by molar-refractivity contribution is 0.304. The quantitative estimate of drug-likeness (QED) is 0.298. The number of aromatic amines is 1. The first-order valence-corrected chi connectivity index (χ1v) is 9.62. The highest BCUT2D eigenvalue weighted by atomic mass is 19.2. The van der Waals surface area contributed by atoms with Crippen LogP contribution in [0.15, 0.2) is 35.1 Å². The van der Waals surface area contributed by atoms with Crippen molar-refractivity contribution in [1.29, 1.82) is 0 Å². The number of halogens is 3. The number of nitrogens with two attached hydrogens (primary N) is 1. The van der Waals surface area contributed by atoms with Crippen molar-refractivity contribution in [3.05, 3.63) is 53.1 Å². The van der Waals surface area contributed by atoms with Crippen molar-refractivity contribution in [1.82, 2.24) is 15.7 Å². The van der Waals surface area contributed by atoms with E-state index in [1.165, 1.54) is 0 Å². The summed E-state index contributed by atoms with van der Waals surface area (Å²) in [7, 11) is 0. The molecule has 1 saturated carbocycles. The standard InChI is InChI=1S/C20H23F3N6/c21-15-7-13(8-16(22)17(15)23)26-9-11-1-3-12(4-2-11)18(29-24)19-14-5-6-25-20(14)28-10-27-19/h5-8,10-12,25-26,29H,1-4,9,24H2,(H,27,28)/b19-18-. The summed E-state index contributed by atoms with van der Waals surface area (Å²) < 4.78 is 39.8. The molecule has 9 heteroatoms. The summed E-state index contributed by atoms with van der Waals surface area (Å²) in [5, 5.41) is 6.22. The third-order valence-electron chi connectivity index (χ3n) is 5.66. The Morgan fingerprint density at radius 2 is 1.86 bits per heavy atom. The molecule has 29 heavy (non-hydrogen) atoms. The van der Waals surface area contributed by atoms with E-state index in [1.54, 1.807) is 6.34 Å². The van der Waals surface area contributed by atoms with Crippen LogP contribution in [0.2, 0.25) is 0 Å². The van der Waals surface area contributed by atoms with Crippen LogP contribution in [-0.2, 0) is 0 Å². The predicted octanol–water partition coefficient (Wildman–Crippen LogP) is 3.75. The molecule has 0 amide bonds. The van der Waals surface area contributed by atoms with Crippen LogP contribution in [0.1, 0.15) is 31.2 Å². The zero-order valence-corrected chi connectivity index (χ0v) is 15.7. The van der Waals surface area contributed by atoms with Crippen molar-refractivity contribution >= 4 is 23.5 Å². The van der Waals surface area contributed by atoms with Gasteiger partial charge >= 0.3 is 0 Å². The molecule has 0 unspecified atom stereocenters. The predicted molar refractivity (Wildman–Crippen MR) is 107 cm³/mol. The molecule has 154 valence electrons. The molecule has 1 aromatic carbocycles. The van der Waals surface area contributed by atoms with Crippen LogP contribution >= 0.6 is 0 Å². The van der Waals surface area contributed by atoms with Crippen LogP contribution in [0, 0.1) is 29.3 Å². The Labute approximate surface area is 166 Å². The fourth-order valence-electron chi connectivity index (χ4n) is 4.10. The molecular weight excluding hydrogens is 381 g/mol. The normalized spacial score (nSPS) is 22.6. The van der Waals surface area contributed by atoms with E-state index in [2.05, 4.69) is 26.0 Å². The van der Waals surface area contributed by atoms with Gasteiger partial charge in [-0.15, -0.1) is 0 Å². The number of hydrogen-bond donors (Lipinski definition) is 5. The topological polar surface area (TPSA) is 90.3 Å². The second-order valence-electron chi connectivity index (χ2n) is 7.43. The van der Waals surface area contributed by atoms with Gasteiger partial charge in [-0.05, 0) is 37.7 Å². The first-order valence-electron chi connectivity index (χ1n) is 9.62. The Kier molecular flexibility index (Phi) is 5.48. The molecule has 0 atom stereocenters. The molecule has 6 nitrogen and oxygen atoms in total. The number of benzene rings is 1. The molecule has 1 fully saturated rings. The summed E-state index contributed by atoms with van der Waals surface area (Å²) in [5.41, 5.74) is 5.98. The minimum atomic E-state index is -1.45. The van der Waals surface area contributed by atoms with Crippen molar-refractivity contribution in [2.45, 2.75) is 25.7 Å². The third kappa shape index (κ3) is 3.95. The smallest absolute Gasteiger partial charge is 0.194 e. The molecule has 0 saturated heterocycles. The zero-order chi connectivity index (χ0) is 20.4. The number of allylic oxidation sites excluding steroid dienone is 1. The van der Waals surface area contributed by atoms with Gasteiger partial charge in [-0.2, -0.15) is 0 Å². The summed E-state index contributed by atoms with van der Waals surface area (Å²) in [4.78, 5) is 7.36. The van der Waals surface area contributed by atoms with Gasteiger partial charge in [-0.1, -0.05) is 0 Å². The van der Waals surface area contributed by atoms with Gasteiger partial charge in [0.15, 0.2) is 17.5 Å². The first kappa shape index (κ1) is 19.4. The van der Waals surface area contributed by atoms with Gasteiger partial charge in [0.05, 0.1) is 17.7 Å². The minimum Gasteiger partial charge on any atom is -0.385 e. The van der Waals surface area contributed by atoms with Crippen LogP contribution in [0.3, 0.4) is 0 Å². The summed E-state index contributed by atoms with van der Waals surface area (Å²) in [6.45, 7) is 0.575. The van der Waals surface area contributed by atoms with Gasteiger partial charge in [0.1, 0.15) is 5.82 Å². The molecule has 0 spiro atoms. The van der Waals surface area contributed by atoms with Crippen LogP contribution in [0.5, 0.6) is 0 Å². The fourth-order valence-corrected chi connectivity index (χ4v) is 4.10. The largest absolute Gasteiger partial charge is 0.385 e. The highest BCUT2D eigenvalue weighted by Gasteiger charge is 2.27. The molecule has 0 radical (unpaired) electrons. The van der Waals surface area contributed by atoms with Gasteiger partial charge in [-0.25, -0.2) is 18.2 Å². The number of nitrogens with one attached hydrogen (secondary N) is 4. The molecule has 2 aliphatic rings. The number of aliphatic imine (C=N–C) groups is 1. The van der Waals surface area contributed by atoms with Crippen molar-refractivity contribution in [2.75, 3.05) is 11.9 Å². The Morgan fingerprint density at radius 3 is 2.55 bits per heavy atom. The summed E-state index contributed by atoms with van der Waals surface area (Å²) in [6, 6.07) is 3.92. The van der Waals surface area contributed by atoms with E-state index < -0.39 is 17.5 Å². The third-order valence-corrected chi connectivity index (χ3v) is 5.66. The lowest BCUT2D eigenvalue weighted by atomic mass is 9.79. The van der Waals surface area contributed by atoms with E-state index in [0.717, 1.165) is 60.6 Å². The average Bonchev–Trinajstić information content (AvgIpc) is 3.21. The van der Waals surface area contributed by atoms with Gasteiger partial charge in [0.25, 0.3) is 0 Å². The molecule has 2 heterocycles. The Morgan fingerprint density at radius 1 is 1.14 bits per heavy atom. The highest BCUT2D eigenvalue weighted by molar-refractivity contribution is 5.87. The number of anilines is 1. The number of nitrogens with zero attached hydrogens (tertiary/aromatic N) is 1. The van der Waals surface area contributed by atoms with Gasteiger partial charge in [0.2, 0.25) is 0 Å². The van der Waals surface area contributed by atoms with Crippen LogP contribution in [0.25, 0.3) is 5.70 Å². The number of H-pyrrole nitrogens is 1. The van der Waals surface area contributed by atoms with E-state index in [-0.39, 0.29) is 11.6 Å². The molecule has 4 rings (SSSR count). The second-order valence-corrected chi connectivity index (χ2v) is 7.43. The van der Waals surface area contributed by atoms with Gasteiger partial charge in [0, 0.05) is 42.0 Å².